The number of benzene rings is 1. The van der Waals surface area contributed by atoms with E-state index < -0.39 is 5.82 Å². The van der Waals surface area contributed by atoms with E-state index in [1.165, 1.54) is 6.07 Å². The van der Waals surface area contributed by atoms with Gasteiger partial charge in [0.1, 0.15) is 5.82 Å². The number of halogens is 2. The van der Waals surface area contributed by atoms with Gasteiger partial charge in [-0.1, -0.05) is 18.9 Å². The summed E-state index contributed by atoms with van der Waals surface area (Å²) < 4.78 is 14.3. The number of nitrogens with zero attached hydrogens (tertiary/aromatic N) is 1. The van der Waals surface area contributed by atoms with Crippen LogP contribution in [0.4, 0.5) is 4.39 Å². The fraction of sp³-hybridized carbons (Fsp3) is 0.500. The highest BCUT2D eigenvalue weighted by Gasteiger charge is 2.27. The maximum atomic E-state index is 14.0. The van der Waals surface area contributed by atoms with Crippen molar-refractivity contribution < 1.29 is 14.3 Å². The van der Waals surface area contributed by atoms with E-state index in [4.69, 9.17) is 0 Å². The normalized spacial score (nSPS) is 20.2. The molecule has 1 aliphatic heterocycles. The second kappa shape index (κ2) is 6.48. The molecule has 19 heavy (non-hydrogen) atoms. The quantitative estimate of drug-likeness (QED) is 0.906. The second-order valence-corrected chi connectivity index (χ2v) is 5.64. The molecule has 0 aromatic heterocycles. The maximum absolute atomic E-state index is 14.0. The van der Waals surface area contributed by atoms with Crippen LogP contribution in [-0.4, -0.2) is 35.1 Å². The molecule has 2 rings (SSSR count). The zero-order valence-corrected chi connectivity index (χ0v) is 12.2. The van der Waals surface area contributed by atoms with Gasteiger partial charge in [-0.05, 0) is 40.9 Å². The summed E-state index contributed by atoms with van der Waals surface area (Å²) in [4.78, 5) is 14.1. The van der Waals surface area contributed by atoms with E-state index in [1.807, 2.05) is 0 Å². The van der Waals surface area contributed by atoms with Crippen LogP contribution < -0.4 is 0 Å². The Morgan fingerprint density at radius 2 is 2.21 bits per heavy atom. The average molecular weight is 330 g/mol. The van der Waals surface area contributed by atoms with Gasteiger partial charge in [0.05, 0.1) is 22.7 Å². The number of aliphatic hydroxyl groups is 1. The van der Waals surface area contributed by atoms with Crippen molar-refractivity contribution in [2.45, 2.75) is 31.7 Å². The van der Waals surface area contributed by atoms with Crippen molar-refractivity contribution in [3.8, 4) is 0 Å². The van der Waals surface area contributed by atoms with Crippen molar-refractivity contribution in [1.82, 2.24) is 4.90 Å². The molecule has 1 N–H and O–H groups in total. The van der Waals surface area contributed by atoms with Gasteiger partial charge >= 0.3 is 0 Å². The summed E-state index contributed by atoms with van der Waals surface area (Å²) in [6, 6.07) is 4.50. The van der Waals surface area contributed by atoms with Crippen LogP contribution >= 0.6 is 15.9 Å². The molecule has 1 atom stereocenters. The van der Waals surface area contributed by atoms with Gasteiger partial charge < -0.3 is 10.0 Å². The van der Waals surface area contributed by atoms with E-state index in [-0.39, 0.29) is 28.6 Å². The predicted molar refractivity (Wildman–Crippen MR) is 74.5 cm³/mol. The van der Waals surface area contributed by atoms with Crippen molar-refractivity contribution in [3.05, 3.63) is 34.1 Å². The van der Waals surface area contributed by atoms with Crippen LogP contribution in [0.1, 0.15) is 36.0 Å². The fourth-order valence-electron chi connectivity index (χ4n) is 2.46. The monoisotopic (exact) mass is 329 g/mol. The molecule has 1 fully saturated rings. The van der Waals surface area contributed by atoms with Crippen molar-refractivity contribution in [2.75, 3.05) is 13.2 Å². The van der Waals surface area contributed by atoms with E-state index in [0.717, 1.165) is 25.7 Å². The van der Waals surface area contributed by atoms with Crippen LogP contribution in [0.5, 0.6) is 0 Å². The van der Waals surface area contributed by atoms with E-state index >= 15 is 0 Å². The van der Waals surface area contributed by atoms with Crippen molar-refractivity contribution >= 4 is 21.8 Å². The third-order valence-electron chi connectivity index (χ3n) is 3.53. The van der Waals surface area contributed by atoms with E-state index in [1.54, 1.807) is 17.0 Å². The Kier molecular flexibility index (Phi) is 4.93. The molecule has 3 nitrogen and oxygen atoms in total. The van der Waals surface area contributed by atoms with Gasteiger partial charge in [-0.2, -0.15) is 0 Å². The van der Waals surface area contributed by atoms with Crippen molar-refractivity contribution in [3.63, 3.8) is 0 Å². The van der Waals surface area contributed by atoms with Crippen LogP contribution in [0.2, 0.25) is 0 Å². The van der Waals surface area contributed by atoms with E-state index in [9.17, 15) is 14.3 Å². The Bertz CT molecular complexity index is 467. The number of amides is 1. The SMILES string of the molecule is O=C(c1cccc(Br)c1F)N1CCCCCC1CO. The van der Waals surface area contributed by atoms with Gasteiger partial charge in [0.2, 0.25) is 0 Å². The molecular weight excluding hydrogens is 313 g/mol. The molecular formula is C14H17BrFNO2. The lowest BCUT2D eigenvalue weighted by atomic mass is 10.1. The predicted octanol–water partition coefficient (Wildman–Crippen LogP) is 2.97. The minimum atomic E-state index is -0.534. The van der Waals surface area contributed by atoms with Gasteiger partial charge in [0.15, 0.2) is 0 Å². The van der Waals surface area contributed by atoms with Gasteiger partial charge in [-0.3, -0.25) is 4.79 Å². The van der Waals surface area contributed by atoms with E-state index in [2.05, 4.69) is 15.9 Å². The molecule has 0 saturated carbocycles. The number of aliphatic hydroxyl groups excluding tert-OH is 1. The lowest BCUT2D eigenvalue weighted by molar-refractivity contribution is 0.0595. The Hall–Kier alpha value is -0.940. The second-order valence-electron chi connectivity index (χ2n) is 4.79. The van der Waals surface area contributed by atoms with Gasteiger partial charge in [0.25, 0.3) is 5.91 Å². The molecule has 0 bridgehead atoms. The minimum Gasteiger partial charge on any atom is -0.394 e. The Morgan fingerprint density at radius 1 is 1.42 bits per heavy atom. The summed E-state index contributed by atoms with van der Waals surface area (Å²) in [6.07, 6.45) is 3.72. The first kappa shape index (κ1) is 14.5. The Balaban J connectivity index is 2.28. The van der Waals surface area contributed by atoms with Crippen LogP contribution in [0.3, 0.4) is 0 Å². The number of rotatable bonds is 2. The van der Waals surface area contributed by atoms with Gasteiger partial charge in [-0.25, -0.2) is 4.39 Å². The smallest absolute Gasteiger partial charge is 0.257 e. The molecule has 1 aromatic rings. The molecule has 104 valence electrons. The molecule has 5 heteroatoms. The summed E-state index contributed by atoms with van der Waals surface area (Å²) >= 11 is 3.09. The Morgan fingerprint density at radius 3 is 2.95 bits per heavy atom. The molecule has 1 saturated heterocycles. The number of carbonyl (C=O) groups excluding carboxylic acids is 1. The van der Waals surface area contributed by atoms with Crippen LogP contribution in [0.25, 0.3) is 0 Å². The van der Waals surface area contributed by atoms with Crippen molar-refractivity contribution in [1.29, 1.82) is 0 Å². The molecule has 0 aliphatic carbocycles. The summed E-state index contributed by atoms with van der Waals surface area (Å²) in [5, 5.41) is 9.41. The third kappa shape index (κ3) is 3.15. The lowest BCUT2D eigenvalue weighted by Gasteiger charge is -2.28. The van der Waals surface area contributed by atoms with Crippen LogP contribution in [-0.2, 0) is 0 Å². The first-order valence-electron chi connectivity index (χ1n) is 6.51. The number of hydrogen-bond acceptors (Lipinski definition) is 2. The molecule has 0 radical (unpaired) electrons. The highest BCUT2D eigenvalue weighted by molar-refractivity contribution is 9.10. The molecule has 1 unspecified atom stereocenters. The summed E-state index contributed by atoms with van der Waals surface area (Å²) in [5.74, 6) is -0.867. The van der Waals surface area contributed by atoms with E-state index in [0.29, 0.717) is 6.54 Å². The molecule has 1 heterocycles. The zero-order valence-electron chi connectivity index (χ0n) is 10.6. The Labute approximate surface area is 120 Å². The topological polar surface area (TPSA) is 40.5 Å². The van der Waals surface area contributed by atoms with Gasteiger partial charge in [-0.15, -0.1) is 0 Å². The van der Waals surface area contributed by atoms with Crippen LogP contribution in [0, 0.1) is 5.82 Å². The largest absolute Gasteiger partial charge is 0.394 e. The average Bonchev–Trinajstić information content (AvgIpc) is 2.66. The zero-order chi connectivity index (χ0) is 13.8. The minimum absolute atomic E-state index is 0.0646. The molecule has 1 aliphatic rings. The molecule has 0 spiro atoms. The highest BCUT2D eigenvalue weighted by atomic mass is 79.9. The first-order valence-corrected chi connectivity index (χ1v) is 7.30. The summed E-state index contributed by atoms with van der Waals surface area (Å²) in [6.45, 7) is 0.511. The molecule has 1 aromatic carbocycles. The first-order chi connectivity index (χ1) is 9.15. The highest BCUT2D eigenvalue weighted by Crippen LogP contribution is 2.23. The third-order valence-corrected chi connectivity index (χ3v) is 4.14. The number of carbonyl (C=O) groups is 1. The summed E-state index contributed by atoms with van der Waals surface area (Å²) in [7, 11) is 0. The number of hydrogen-bond donors (Lipinski definition) is 1. The summed E-state index contributed by atoms with van der Waals surface area (Å²) in [5.41, 5.74) is 0.0646. The maximum Gasteiger partial charge on any atom is 0.257 e. The number of likely N-dealkylation sites (tertiary alicyclic amines) is 1. The standard InChI is InChI=1S/C14H17BrFNO2/c15-12-7-4-6-11(13(12)16)14(19)17-8-3-1-2-5-10(17)9-18/h4,6-7,10,18H,1-3,5,8-9H2. The lowest BCUT2D eigenvalue weighted by Crippen LogP contribution is -2.42. The molecule has 1 amide bonds. The van der Waals surface area contributed by atoms with Crippen molar-refractivity contribution in [2.24, 2.45) is 0 Å². The van der Waals surface area contributed by atoms with Gasteiger partial charge in [0, 0.05) is 6.54 Å². The fourth-order valence-corrected chi connectivity index (χ4v) is 2.82. The van der Waals surface area contributed by atoms with Crippen LogP contribution in [0.15, 0.2) is 22.7 Å².